The quantitative estimate of drug-likeness (QED) is 0.193. The molecule has 0 saturated heterocycles. The molecule has 3 nitrogen and oxygen atoms in total. The molecule has 7 aromatic carbocycles. The van der Waals surface area contributed by atoms with E-state index in [2.05, 4.69) is 167 Å². The molecule has 0 amide bonds. The van der Waals surface area contributed by atoms with Crippen molar-refractivity contribution in [2.45, 2.75) is 0 Å². The summed E-state index contributed by atoms with van der Waals surface area (Å²) >= 11 is 0. The summed E-state index contributed by atoms with van der Waals surface area (Å²) in [5.41, 5.74) is 11.8. The summed E-state index contributed by atoms with van der Waals surface area (Å²) in [5, 5.41) is 6.20. The summed E-state index contributed by atoms with van der Waals surface area (Å²) in [5.74, 6) is 0.863. The van der Waals surface area contributed by atoms with E-state index < -0.39 is 0 Å². The fraction of sp³-hybridized carbons (Fsp3) is 0. The Hall–Kier alpha value is -6.06. The Morgan fingerprint density at radius 1 is 0.444 bits per heavy atom. The molecule has 0 unspecified atom stereocenters. The lowest BCUT2D eigenvalue weighted by Gasteiger charge is -2.13. The topological polar surface area (TPSA) is 21.7 Å². The SMILES string of the molecule is c1ccc(-c2cccc(-[n+]3cc4ccccc4nc3-n3c4cccc5c4c4c6c(cccc6ccc43)-c3ccccc3-5)c2)cc1. The smallest absolute Gasteiger partial charge is 0.201 e. The third kappa shape index (κ3) is 3.46. The van der Waals surface area contributed by atoms with E-state index in [0.717, 1.165) is 33.6 Å². The zero-order valence-electron chi connectivity index (χ0n) is 24.4. The fourth-order valence-electron chi connectivity index (χ4n) is 7.41. The molecule has 45 heavy (non-hydrogen) atoms. The van der Waals surface area contributed by atoms with Crippen molar-refractivity contribution in [3.63, 3.8) is 0 Å². The largest absolute Gasteiger partial charge is 0.409 e. The summed E-state index contributed by atoms with van der Waals surface area (Å²) in [6, 6.07) is 54.5. The molecule has 0 N–H and O–H groups in total. The molecule has 3 heteroatoms. The second-order valence-corrected chi connectivity index (χ2v) is 11.8. The van der Waals surface area contributed by atoms with Crippen LogP contribution in [0.1, 0.15) is 0 Å². The number of hydrogen-bond donors (Lipinski definition) is 0. The van der Waals surface area contributed by atoms with Crippen LogP contribution in [0.5, 0.6) is 0 Å². The van der Waals surface area contributed by atoms with Gasteiger partial charge in [-0.15, -0.1) is 0 Å². The lowest BCUT2D eigenvalue weighted by atomic mass is 9.93. The Bertz CT molecular complexity index is 2650. The van der Waals surface area contributed by atoms with Gasteiger partial charge in [0.05, 0.1) is 6.20 Å². The average molecular weight is 573 g/mol. The van der Waals surface area contributed by atoms with Gasteiger partial charge in [0.2, 0.25) is 0 Å². The fourth-order valence-corrected chi connectivity index (χ4v) is 7.41. The van der Waals surface area contributed by atoms with Crippen LogP contribution in [0.3, 0.4) is 0 Å². The van der Waals surface area contributed by atoms with E-state index in [1.54, 1.807) is 0 Å². The standard InChI is InChI=1S/C42H26N3/c1-2-11-27(12-3-1)29-15-8-16-31(25-29)44-26-30-13-4-7-21-36(30)43-42(44)45-37-22-10-20-35-33-18-6-5-17-32(33)34-19-9-14-28-23-24-38(45)41(39(28)34)40(35)37/h1-26H/q+1. The van der Waals surface area contributed by atoms with Gasteiger partial charge in [-0.2, -0.15) is 4.57 Å². The summed E-state index contributed by atoms with van der Waals surface area (Å²) in [7, 11) is 0. The van der Waals surface area contributed by atoms with E-state index in [9.17, 15) is 0 Å². The van der Waals surface area contributed by atoms with E-state index in [1.807, 2.05) is 0 Å². The van der Waals surface area contributed by atoms with Crippen LogP contribution in [0, 0.1) is 0 Å². The number of para-hydroxylation sites is 1. The molecule has 0 spiro atoms. The van der Waals surface area contributed by atoms with E-state index in [-0.39, 0.29) is 0 Å². The van der Waals surface area contributed by atoms with Crippen LogP contribution in [0.4, 0.5) is 0 Å². The minimum absolute atomic E-state index is 0.863. The van der Waals surface area contributed by atoms with Crippen molar-refractivity contribution in [2.75, 3.05) is 0 Å². The van der Waals surface area contributed by atoms with Gasteiger partial charge in [-0.1, -0.05) is 120 Å². The summed E-state index contributed by atoms with van der Waals surface area (Å²) < 4.78 is 4.64. The Morgan fingerprint density at radius 2 is 1.09 bits per heavy atom. The molecular weight excluding hydrogens is 546 g/mol. The Labute approximate surface area is 259 Å². The van der Waals surface area contributed by atoms with E-state index in [4.69, 9.17) is 4.98 Å². The molecule has 0 fully saturated rings. The Morgan fingerprint density at radius 3 is 1.96 bits per heavy atom. The second kappa shape index (κ2) is 9.22. The molecular formula is C42H26N3+. The monoisotopic (exact) mass is 572 g/mol. The molecule has 2 aromatic heterocycles. The highest BCUT2D eigenvalue weighted by Crippen LogP contribution is 2.49. The molecule has 1 aliphatic carbocycles. The van der Waals surface area contributed by atoms with Gasteiger partial charge < -0.3 is 0 Å². The lowest BCUT2D eigenvalue weighted by Crippen LogP contribution is -2.37. The average Bonchev–Trinajstić information content (AvgIpc) is 3.39. The minimum Gasteiger partial charge on any atom is -0.201 e. The molecule has 0 radical (unpaired) electrons. The molecule has 1 aliphatic rings. The van der Waals surface area contributed by atoms with Crippen LogP contribution in [0.25, 0.3) is 88.5 Å². The summed E-state index contributed by atoms with van der Waals surface area (Å²) in [4.78, 5) is 5.42. The van der Waals surface area contributed by atoms with Crippen LogP contribution in [0.15, 0.2) is 158 Å². The van der Waals surface area contributed by atoms with Crippen molar-refractivity contribution >= 4 is 43.5 Å². The molecule has 0 bridgehead atoms. The number of benzene rings is 7. The Kier molecular flexibility index (Phi) is 5.00. The van der Waals surface area contributed by atoms with Gasteiger partial charge in [-0.25, -0.2) is 4.57 Å². The molecule has 0 atom stereocenters. The first-order chi connectivity index (χ1) is 22.3. The molecule has 9 aromatic rings. The maximum Gasteiger partial charge on any atom is 0.409 e. The van der Waals surface area contributed by atoms with Crippen molar-refractivity contribution < 1.29 is 4.57 Å². The zero-order valence-corrected chi connectivity index (χ0v) is 24.4. The van der Waals surface area contributed by atoms with Crippen molar-refractivity contribution in [3.8, 4) is 45.0 Å². The zero-order chi connectivity index (χ0) is 29.5. The molecule has 208 valence electrons. The number of nitrogens with zero attached hydrogens (tertiary/aromatic N) is 3. The highest BCUT2D eigenvalue weighted by atomic mass is 15.2. The van der Waals surface area contributed by atoms with Gasteiger partial charge in [0.25, 0.3) is 0 Å². The van der Waals surface area contributed by atoms with Gasteiger partial charge in [0.1, 0.15) is 16.7 Å². The predicted molar refractivity (Wildman–Crippen MR) is 185 cm³/mol. The lowest BCUT2D eigenvalue weighted by molar-refractivity contribution is -0.591. The van der Waals surface area contributed by atoms with Gasteiger partial charge in [-0.05, 0) is 75.2 Å². The normalized spacial score (nSPS) is 12.0. The summed E-state index contributed by atoms with van der Waals surface area (Å²) in [6.07, 6.45) is 2.23. The highest BCUT2D eigenvalue weighted by Gasteiger charge is 2.30. The van der Waals surface area contributed by atoms with Crippen LogP contribution in [-0.2, 0) is 0 Å². The van der Waals surface area contributed by atoms with Crippen LogP contribution in [-0.4, -0.2) is 9.55 Å². The number of aromatic nitrogens is 3. The van der Waals surface area contributed by atoms with Gasteiger partial charge in [0.15, 0.2) is 5.52 Å². The van der Waals surface area contributed by atoms with Gasteiger partial charge >= 0.3 is 5.95 Å². The van der Waals surface area contributed by atoms with Crippen molar-refractivity contribution in [1.29, 1.82) is 0 Å². The predicted octanol–water partition coefficient (Wildman–Crippen LogP) is 10.1. The first kappa shape index (κ1) is 24.4. The van der Waals surface area contributed by atoms with Gasteiger partial charge in [-0.3, -0.25) is 0 Å². The Balaban J connectivity index is 1.36. The van der Waals surface area contributed by atoms with Crippen LogP contribution >= 0.6 is 0 Å². The van der Waals surface area contributed by atoms with Crippen molar-refractivity contribution in [1.82, 2.24) is 9.55 Å². The van der Waals surface area contributed by atoms with E-state index in [0.29, 0.717) is 0 Å². The van der Waals surface area contributed by atoms with Crippen LogP contribution in [0.2, 0.25) is 0 Å². The first-order valence-electron chi connectivity index (χ1n) is 15.4. The molecule has 2 heterocycles. The minimum atomic E-state index is 0.863. The number of rotatable bonds is 3. The second-order valence-electron chi connectivity index (χ2n) is 11.8. The van der Waals surface area contributed by atoms with E-state index >= 15 is 0 Å². The van der Waals surface area contributed by atoms with E-state index in [1.165, 1.54) is 54.9 Å². The highest BCUT2D eigenvalue weighted by molar-refractivity contribution is 6.30. The number of hydrogen-bond acceptors (Lipinski definition) is 1. The maximum absolute atomic E-state index is 5.42. The van der Waals surface area contributed by atoms with Gasteiger partial charge in [0, 0.05) is 21.5 Å². The maximum atomic E-state index is 5.42. The third-order valence-electron chi connectivity index (χ3n) is 9.38. The number of fused-ring (bicyclic) bond motifs is 4. The first-order valence-corrected chi connectivity index (χ1v) is 15.4. The van der Waals surface area contributed by atoms with Crippen molar-refractivity contribution in [2.24, 2.45) is 0 Å². The van der Waals surface area contributed by atoms with Crippen LogP contribution < -0.4 is 4.57 Å². The molecule has 0 aliphatic heterocycles. The summed E-state index contributed by atoms with van der Waals surface area (Å²) in [6.45, 7) is 0. The molecule has 10 rings (SSSR count). The van der Waals surface area contributed by atoms with Crippen molar-refractivity contribution in [3.05, 3.63) is 158 Å². The molecule has 0 saturated carbocycles. The third-order valence-corrected chi connectivity index (χ3v) is 9.38.